The number of halogens is 1. The maximum Gasteiger partial charge on any atom is 0.260 e. The standard InChI is InChI=1S/C14H20ClNO4/c1-18-9-7-16(8-10-19-2)14(17)11-20-13-6-4-3-5-12(13)15/h3-6H,7-11H2,1-2H3. The largest absolute Gasteiger partial charge is 0.482 e. The van der Waals surface area contributed by atoms with E-state index >= 15 is 0 Å². The number of hydrogen-bond acceptors (Lipinski definition) is 4. The molecule has 0 atom stereocenters. The van der Waals surface area contributed by atoms with E-state index in [0.717, 1.165) is 0 Å². The number of amides is 1. The summed E-state index contributed by atoms with van der Waals surface area (Å²) in [7, 11) is 3.19. The Kier molecular flexibility index (Phi) is 8.02. The fourth-order valence-corrected chi connectivity index (χ4v) is 1.75. The number of ether oxygens (including phenoxy) is 3. The van der Waals surface area contributed by atoms with E-state index < -0.39 is 0 Å². The molecule has 0 N–H and O–H groups in total. The van der Waals surface area contributed by atoms with Crippen molar-refractivity contribution in [3.05, 3.63) is 29.3 Å². The number of para-hydroxylation sites is 1. The highest BCUT2D eigenvalue weighted by Gasteiger charge is 2.14. The molecule has 0 radical (unpaired) electrons. The molecule has 0 aliphatic rings. The average Bonchev–Trinajstić information content (AvgIpc) is 2.46. The number of benzene rings is 1. The van der Waals surface area contributed by atoms with E-state index in [-0.39, 0.29) is 12.5 Å². The van der Waals surface area contributed by atoms with Gasteiger partial charge in [-0.1, -0.05) is 23.7 Å². The minimum Gasteiger partial charge on any atom is -0.482 e. The number of methoxy groups -OCH3 is 2. The molecule has 0 bridgehead atoms. The van der Waals surface area contributed by atoms with Crippen LogP contribution in [0.2, 0.25) is 5.02 Å². The summed E-state index contributed by atoms with van der Waals surface area (Å²) in [6.45, 7) is 1.90. The number of carbonyl (C=O) groups excluding carboxylic acids is 1. The van der Waals surface area contributed by atoms with E-state index in [1.807, 2.05) is 0 Å². The maximum absolute atomic E-state index is 12.1. The van der Waals surface area contributed by atoms with Crippen molar-refractivity contribution in [3.8, 4) is 5.75 Å². The first kappa shape index (κ1) is 16.8. The highest BCUT2D eigenvalue weighted by atomic mass is 35.5. The lowest BCUT2D eigenvalue weighted by atomic mass is 10.3. The van der Waals surface area contributed by atoms with Gasteiger partial charge in [-0.05, 0) is 12.1 Å². The highest BCUT2D eigenvalue weighted by molar-refractivity contribution is 6.32. The molecule has 0 saturated carbocycles. The molecule has 0 spiro atoms. The monoisotopic (exact) mass is 301 g/mol. The molecule has 0 aromatic heterocycles. The molecule has 0 aliphatic heterocycles. The molecule has 112 valence electrons. The van der Waals surface area contributed by atoms with Crippen molar-refractivity contribution in [3.63, 3.8) is 0 Å². The van der Waals surface area contributed by atoms with Gasteiger partial charge in [0.15, 0.2) is 6.61 Å². The zero-order chi connectivity index (χ0) is 14.8. The van der Waals surface area contributed by atoms with Crippen molar-refractivity contribution in [2.75, 3.05) is 47.1 Å². The summed E-state index contributed by atoms with van der Waals surface area (Å²) in [5, 5.41) is 0.487. The Labute approximate surface area is 124 Å². The summed E-state index contributed by atoms with van der Waals surface area (Å²) >= 11 is 5.96. The Morgan fingerprint density at radius 1 is 1.15 bits per heavy atom. The molecule has 0 saturated heterocycles. The smallest absolute Gasteiger partial charge is 0.260 e. The predicted molar refractivity (Wildman–Crippen MR) is 77.3 cm³/mol. The number of rotatable bonds is 9. The van der Waals surface area contributed by atoms with Crippen molar-refractivity contribution >= 4 is 17.5 Å². The summed E-state index contributed by atoms with van der Waals surface area (Å²) in [5.41, 5.74) is 0. The van der Waals surface area contributed by atoms with Crippen LogP contribution in [0.25, 0.3) is 0 Å². The summed E-state index contributed by atoms with van der Waals surface area (Å²) in [6, 6.07) is 7.05. The number of carbonyl (C=O) groups is 1. The third kappa shape index (κ3) is 5.77. The van der Waals surface area contributed by atoms with Gasteiger partial charge >= 0.3 is 0 Å². The van der Waals surface area contributed by atoms with Gasteiger partial charge in [-0.25, -0.2) is 0 Å². The molecular weight excluding hydrogens is 282 g/mol. The van der Waals surface area contributed by atoms with Gasteiger partial charge in [-0.3, -0.25) is 4.79 Å². The maximum atomic E-state index is 12.1. The van der Waals surface area contributed by atoms with E-state index in [4.69, 9.17) is 25.8 Å². The summed E-state index contributed by atoms with van der Waals surface area (Å²) < 4.78 is 15.4. The molecule has 1 aromatic carbocycles. The van der Waals surface area contributed by atoms with Crippen LogP contribution in [-0.2, 0) is 14.3 Å². The first-order valence-electron chi connectivity index (χ1n) is 6.32. The second-order valence-corrected chi connectivity index (χ2v) is 4.49. The van der Waals surface area contributed by atoms with Gasteiger partial charge in [0.05, 0.1) is 18.2 Å². The zero-order valence-electron chi connectivity index (χ0n) is 11.8. The van der Waals surface area contributed by atoms with Crippen LogP contribution in [0.3, 0.4) is 0 Å². The molecule has 0 fully saturated rings. The fourth-order valence-electron chi connectivity index (χ4n) is 1.56. The van der Waals surface area contributed by atoms with Crippen LogP contribution in [0.15, 0.2) is 24.3 Å². The van der Waals surface area contributed by atoms with Crippen LogP contribution in [-0.4, -0.2) is 57.9 Å². The summed E-state index contributed by atoms with van der Waals surface area (Å²) in [6.07, 6.45) is 0. The summed E-state index contributed by atoms with van der Waals surface area (Å²) in [4.78, 5) is 13.7. The molecule has 1 aromatic rings. The Morgan fingerprint density at radius 2 is 1.75 bits per heavy atom. The Hall–Kier alpha value is -1.30. The Morgan fingerprint density at radius 3 is 2.30 bits per heavy atom. The van der Waals surface area contributed by atoms with Crippen molar-refractivity contribution in [2.45, 2.75) is 0 Å². The van der Waals surface area contributed by atoms with E-state index in [0.29, 0.717) is 37.1 Å². The van der Waals surface area contributed by atoms with Crippen LogP contribution in [0.1, 0.15) is 0 Å². The normalized spacial score (nSPS) is 10.3. The van der Waals surface area contributed by atoms with Crippen LogP contribution in [0, 0.1) is 0 Å². The van der Waals surface area contributed by atoms with Crippen LogP contribution in [0.4, 0.5) is 0 Å². The van der Waals surface area contributed by atoms with Gasteiger partial charge in [-0.2, -0.15) is 0 Å². The van der Waals surface area contributed by atoms with Crippen molar-refractivity contribution < 1.29 is 19.0 Å². The molecule has 0 unspecified atom stereocenters. The van der Waals surface area contributed by atoms with Gasteiger partial charge in [0.1, 0.15) is 5.75 Å². The lowest BCUT2D eigenvalue weighted by Gasteiger charge is -2.22. The van der Waals surface area contributed by atoms with Crippen LogP contribution in [0.5, 0.6) is 5.75 Å². The topological polar surface area (TPSA) is 48.0 Å². The second kappa shape index (κ2) is 9.58. The van der Waals surface area contributed by atoms with Gasteiger partial charge in [-0.15, -0.1) is 0 Å². The first-order valence-corrected chi connectivity index (χ1v) is 6.69. The zero-order valence-corrected chi connectivity index (χ0v) is 12.6. The molecule has 0 aliphatic carbocycles. The molecule has 1 amide bonds. The minimum absolute atomic E-state index is 0.0584. The predicted octanol–water partition coefficient (Wildman–Crippen LogP) is 1.84. The van der Waals surface area contributed by atoms with Crippen molar-refractivity contribution in [2.24, 2.45) is 0 Å². The first-order chi connectivity index (χ1) is 9.69. The quantitative estimate of drug-likeness (QED) is 0.698. The molecule has 5 nitrogen and oxygen atoms in total. The van der Waals surface area contributed by atoms with Gasteiger partial charge in [0, 0.05) is 27.3 Å². The average molecular weight is 302 g/mol. The fraction of sp³-hybridized carbons (Fsp3) is 0.500. The van der Waals surface area contributed by atoms with E-state index in [2.05, 4.69) is 0 Å². The van der Waals surface area contributed by atoms with E-state index in [9.17, 15) is 4.79 Å². The highest BCUT2D eigenvalue weighted by Crippen LogP contribution is 2.22. The summed E-state index contributed by atoms with van der Waals surface area (Å²) in [5.74, 6) is 0.375. The molecule has 20 heavy (non-hydrogen) atoms. The third-order valence-corrected chi connectivity index (χ3v) is 2.98. The molecular formula is C14H20ClNO4. The lowest BCUT2D eigenvalue weighted by Crippen LogP contribution is -2.39. The van der Waals surface area contributed by atoms with Crippen molar-refractivity contribution in [1.29, 1.82) is 0 Å². The SMILES string of the molecule is COCCN(CCOC)C(=O)COc1ccccc1Cl. The van der Waals surface area contributed by atoms with Gasteiger partial charge < -0.3 is 19.1 Å². The van der Waals surface area contributed by atoms with Gasteiger partial charge in [0.2, 0.25) is 0 Å². The third-order valence-electron chi connectivity index (χ3n) is 2.67. The molecule has 0 heterocycles. The number of nitrogens with zero attached hydrogens (tertiary/aromatic N) is 1. The molecule has 6 heteroatoms. The van der Waals surface area contributed by atoms with Gasteiger partial charge in [0.25, 0.3) is 5.91 Å². The van der Waals surface area contributed by atoms with E-state index in [1.165, 1.54) is 0 Å². The Balaban J connectivity index is 2.50. The lowest BCUT2D eigenvalue weighted by molar-refractivity contribution is -0.134. The van der Waals surface area contributed by atoms with Crippen molar-refractivity contribution in [1.82, 2.24) is 4.90 Å². The van der Waals surface area contributed by atoms with Crippen LogP contribution >= 0.6 is 11.6 Å². The number of hydrogen-bond donors (Lipinski definition) is 0. The van der Waals surface area contributed by atoms with E-state index in [1.54, 1.807) is 43.4 Å². The second-order valence-electron chi connectivity index (χ2n) is 4.09. The van der Waals surface area contributed by atoms with Crippen LogP contribution < -0.4 is 4.74 Å². The Bertz CT molecular complexity index is 406. The minimum atomic E-state index is -0.126. The molecule has 1 rings (SSSR count).